The molecule has 7 nitrogen and oxygen atoms in total. The van der Waals surface area contributed by atoms with Gasteiger partial charge in [-0.05, 0) is 38.1 Å². The Morgan fingerprint density at radius 1 is 1.36 bits per heavy atom. The number of halogens is 1. The van der Waals surface area contributed by atoms with Gasteiger partial charge < -0.3 is 11.1 Å². The molecule has 1 aliphatic heterocycles. The van der Waals surface area contributed by atoms with Gasteiger partial charge in [0.05, 0.1) is 5.56 Å². The standard InChI is InChI=1S/C13H17N3O4S.ClH/c1-2-16-13(18)10-5-4-9(8-11(10)21(16,19)20)12(17)15-7-3-6-14;/h4-5,8H,2-3,6-7,14H2,1H3,(H,15,17);1H. The van der Waals surface area contributed by atoms with Crippen LogP contribution >= 0.6 is 12.4 Å². The highest BCUT2D eigenvalue weighted by atomic mass is 35.5. The lowest BCUT2D eigenvalue weighted by Gasteiger charge is -2.11. The molecule has 0 saturated carbocycles. The number of fused-ring (bicyclic) bond motifs is 1. The van der Waals surface area contributed by atoms with Crippen molar-refractivity contribution in [3.05, 3.63) is 29.3 Å². The summed E-state index contributed by atoms with van der Waals surface area (Å²) in [4.78, 5) is 23.8. The van der Waals surface area contributed by atoms with E-state index in [1.807, 2.05) is 0 Å². The molecule has 0 atom stereocenters. The molecule has 122 valence electrons. The second kappa shape index (κ2) is 7.08. The largest absolute Gasteiger partial charge is 0.352 e. The van der Waals surface area contributed by atoms with Crippen LogP contribution in [0.3, 0.4) is 0 Å². The molecule has 3 N–H and O–H groups in total. The van der Waals surface area contributed by atoms with Crippen molar-refractivity contribution in [3.63, 3.8) is 0 Å². The number of hydrogen-bond acceptors (Lipinski definition) is 5. The SMILES string of the molecule is CCN1C(=O)c2ccc(C(=O)NCCCN)cc2S1(=O)=O.Cl. The molecule has 2 rings (SSSR count). The number of rotatable bonds is 5. The third-order valence-corrected chi connectivity index (χ3v) is 5.12. The van der Waals surface area contributed by atoms with Crippen molar-refractivity contribution < 1.29 is 18.0 Å². The van der Waals surface area contributed by atoms with Gasteiger partial charge in [0.1, 0.15) is 4.90 Å². The summed E-state index contributed by atoms with van der Waals surface area (Å²) in [7, 11) is -3.84. The molecule has 1 aromatic rings. The fourth-order valence-corrected chi connectivity index (χ4v) is 3.74. The van der Waals surface area contributed by atoms with Gasteiger partial charge in [0.25, 0.3) is 21.8 Å². The normalized spacial score (nSPS) is 15.2. The summed E-state index contributed by atoms with van der Waals surface area (Å²) in [5, 5.41) is 2.64. The quantitative estimate of drug-likeness (QED) is 0.747. The molecule has 0 aromatic heterocycles. The predicted octanol–water partition coefficient (Wildman–Crippen LogP) is 0.351. The number of hydrogen-bond donors (Lipinski definition) is 2. The molecule has 0 fully saturated rings. The fourth-order valence-electron chi connectivity index (χ4n) is 2.14. The van der Waals surface area contributed by atoms with Crippen LogP contribution in [0.5, 0.6) is 0 Å². The maximum absolute atomic E-state index is 12.2. The van der Waals surface area contributed by atoms with Crippen molar-refractivity contribution in [1.29, 1.82) is 0 Å². The van der Waals surface area contributed by atoms with E-state index >= 15 is 0 Å². The minimum Gasteiger partial charge on any atom is -0.352 e. The monoisotopic (exact) mass is 347 g/mol. The molecule has 0 saturated heterocycles. The molecule has 0 aliphatic carbocycles. The van der Waals surface area contributed by atoms with E-state index in [2.05, 4.69) is 5.32 Å². The Kier molecular flexibility index (Phi) is 5.92. The molecule has 0 spiro atoms. The zero-order chi connectivity index (χ0) is 15.6. The Labute approximate surface area is 135 Å². The van der Waals surface area contributed by atoms with Crippen molar-refractivity contribution in [2.24, 2.45) is 5.73 Å². The van der Waals surface area contributed by atoms with Crippen molar-refractivity contribution in [3.8, 4) is 0 Å². The molecular weight excluding hydrogens is 330 g/mol. The summed E-state index contributed by atoms with van der Waals surface area (Å²) in [5.74, 6) is -0.938. The van der Waals surface area contributed by atoms with Gasteiger partial charge in [-0.1, -0.05) is 0 Å². The minimum absolute atomic E-state index is 0. The van der Waals surface area contributed by atoms with Crippen LogP contribution in [0.2, 0.25) is 0 Å². The first-order chi connectivity index (χ1) is 9.93. The molecule has 22 heavy (non-hydrogen) atoms. The lowest BCUT2D eigenvalue weighted by molar-refractivity contribution is 0.0874. The van der Waals surface area contributed by atoms with Gasteiger partial charge in [0, 0.05) is 18.7 Å². The smallest absolute Gasteiger partial charge is 0.268 e. The van der Waals surface area contributed by atoms with Gasteiger partial charge in [0.15, 0.2) is 0 Å². The van der Waals surface area contributed by atoms with Gasteiger partial charge in [-0.2, -0.15) is 0 Å². The first kappa shape index (κ1) is 18.4. The zero-order valence-corrected chi connectivity index (χ0v) is 13.7. The Morgan fingerprint density at radius 3 is 2.64 bits per heavy atom. The van der Waals surface area contributed by atoms with E-state index in [0.717, 1.165) is 4.31 Å². The maximum atomic E-state index is 12.2. The maximum Gasteiger partial charge on any atom is 0.268 e. The second-order valence-electron chi connectivity index (χ2n) is 4.58. The van der Waals surface area contributed by atoms with Crippen LogP contribution < -0.4 is 11.1 Å². The van der Waals surface area contributed by atoms with Crippen molar-refractivity contribution in [2.45, 2.75) is 18.2 Å². The van der Waals surface area contributed by atoms with E-state index in [-0.39, 0.29) is 40.9 Å². The average molecular weight is 348 g/mol. The van der Waals surface area contributed by atoms with Crippen LogP contribution in [0, 0.1) is 0 Å². The number of nitrogens with one attached hydrogen (secondary N) is 1. The molecule has 0 unspecified atom stereocenters. The number of sulfonamides is 1. The highest BCUT2D eigenvalue weighted by Crippen LogP contribution is 2.30. The molecule has 1 aromatic carbocycles. The van der Waals surface area contributed by atoms with Gasteiger partial charge >= 0.3 is 0 Å². The summed E-state index contributed by atoms with van der Waals surface area (Å²) in [6.45, 7) is 2.52. The molecule has 2 amide bonds. The minimum atomic E-state index is -3.84. The second-order valence-corrected chi connectivity index (χ2v) is 6.41. The summed E-state index contributed by atoms with van der Waals surface area (Å²) < 4.78 is 25.2. The molecule has 0 bridgehead atoms. The fraction of sp³-hybridized carbons (Fsp3) is 0.385. The first-order valence-corrected chi connectivity index (χ1v) is 8.07. The Hall–Kier alpha value is -1.64. The molecule has 0 radical (unpaired) electrons. The van der Waals surface area contributed by atoms with Crippen molar-refractivity contribution >= 4 is 34.2 Å². The lowest BCUT2D eigenvalue weighted by atomic mass is 10.1. The molecule has 9 heteroatoms. The van der Waals surface area contributed by atoms with E-state index < -0.39 is 15.9 Å². The summed E-state index contributed by atoms with van der Waals surface area (Å²) in [5.41, 5.74) is 5.65. The Bertz CT molecular complexity index is 691. The van der Waals surface area contributed by atoms with Gasteiger partial charge in [-0.15, -0.1) is 12.4 Å². The van der Waals surface area contributed by atoms with Crippen LogP contribution in [-0.2, 0) is 10.0 Å². The number of nitrogens with two attached hydrogens (primary N) is 1. The van der Waals surface area contributed by atoms with Crippen molar-refractivity contribution in [2.75, 3.05) is 19.6 Å². The Morgan fingerprint density at radius 2 is 2.05 bits per heavy atom. The summed E-state index contributed by atoms with van der Waals surface area (Å²) in [6, 6.07) is 4.07. The van der Waals surface area contributed by atoms with Gasteiger partial charge in [0.2, 0.25) is 0 Å². The highest BCUT2D eigenvalue weighted by molar-refractivity contribution is 7.90. The third kappa shape index (κ3) is 3.08. The number of benzene rings is 1. The highest BCUT2D eigenvalue weighted by Gasteiger charge is 2.40. The topological polar surface area (TPSA) is 110 Å². The first-order valence-electron chi connectivity index (χ1n) is 6.63. The number of nitrogens with zero attached hydrogens (tertiary/aromatic N) is 1. The lowest BCUT2D eigenvalue weighted by Crippen LogP contribution is -2.29. The zero-order valence-electron chi connectivity index (χ0n) is 12.0. The van der Waals surface area contributed by atoms with E-state index in [0.29, 0.717) is 19.5 Å². The number of amides is 2. The molecule has 1 aliphatic rings. The predicted molar refractivity (Wildman–Crippen MR) is 83.6 cm³/mol. The van der Waals surface area contributed by atoms with E-state index in [1.54, 1.807) is 6.92 Å². The Balaban J connectivity index is 0.00000242. The van der Waals surface area contributed by atoms with Crippen LogP contribution in [0.25, 0.3) is 0 Å². The van der Waals surface area contributed by atoms with Crippen molar-refractivity contribution in [1.82, 2.24) is 9.62 Å². The van der Waals surface area contributed by atoms with Crippen LogP contribution in [0.1, 0.15) is 34.1 Å². The van der Waals surface area contributed by atoms with Gasteiger partial charge in [-0.3, -0.25) is 9.59 Å². The molecular formula is C13H18ClN3O4S. The number of carbonyl (C=O) groups is 2. The van der Waals surface area contributed by atoms with E-state index in [9.17, 15) is 18.0 Å². The summed E-state index contributed by atoms with van der Waals surface area (Å²) >= 11 is 0. The number of carbonyl (C=O) groups excluding carboxylic acids is 2. The van der Waals surface area contributed by atoms with Crippen LogP contribution in [0.4, 0.5) is 0 Å². The average Bonchev–Trinajstić information content (AvgIpc) is 2.65. The molecule has 1 heterocycles. The third-order valence-electron chi connectivity index (χ3n) is 3.22. The van der Waals surface area contributed by atoms with Crippen LogP contribution in [-0.4, -0.2) is 44.2 Å². The van der Waals surface area contributed by atoms with Crippen LogP contribution in [0.15, 0.2) is 23.1 Å². The van der Waals surface area contributed by atoms with E-state index in [4.69, 9.17) is 5.73 Å². The van der Waals surface area contributed by atoms with E-state index in [1.165, 1.54) is 18.2 Å². The summed E-state index contributed by atoms with van der Waals surface area (Å²) in [6.07, 6.45) is 0.636. The van der Waals surface area contributed by atoms with Gasteiger partial charge in [-0.25, -0.2) is 12.7 Å².